The zero-order valence-electron chi connectivity index (χ0n) is 19.3. The van der Waals surface area contributed by atoms with Crippen LogP contribution >= 0.6 is 11.3 Å². The lowest BCUT2D eigenvalue weighted by Gasteiger charge is -2.17. The Kier molecular flexibility index (Phi) is 5.87. The first-order chi connectivity index (χ1) is 17.6. The Morgan fingerprint density at radius 3 is 2.72 bits per heavy atom. The number of thiazole rings is 1. The van der Waals surface area contributed by atoms with Crippen LogP contribution in [0.4, 0.5) is 5.69 Å². The molecule has 7 nitrogen and oxygen atoms in total. The Labute approximate surface area is 212 Å². The van der Waals surface area contributed by atoms with Crippen LogP contribution in [-0.2, 0) is 16.1 Å². The van der Waals surface area contributed by atoms with Crippen molar-refractivity contribution in [2.75, 3.05) is 18.2 Å². The molecule has 1 unspecified atom stereocenters. The number of anilines is 1. The van der Waals surface area contributed by atoms with Crippen molar-refractivity contribution in [2.45, 2.75) is 13.0 Å². The SMILES string of the molecule is O=C(NCc1cccc(-c2nc(-c3ccccc3)cs2)c1)C1CC(=O)N(c2ccc3c(c2)OCO3)C1. The lowest BCUT2D eigenvalue weighted by molar-refractivity contribution is -0.126. The molecule has 1 aromatic heterocycles. The minimum absolute atomic E-state index is 0.0750. The molecule has 4 aromatic rings. The van der Waals surface area contributed by atoms with Crippen molar-refractivity contribution in [3.8, 4) is 33.3 Å². The second-order valence-electron chi connectivity index (χ2n) is 8.77. The number of hydrogen-bond donors (Lipinski definition) is 1. The number of nitrogens with one attached hydrogen (secondary N) is 1. The molecule has 1 fully saturated rings. The highest BCUT2D eigenvalue weighted by atomic mass is 32.1. The molecule has 1 saturated heterocycles. The fourth-order valence-electron chi connectivity index (χ4n) is 4.48. The second-order valence-corrected chi connectivity index (χ2v) is 9.62. The molecular formula is C28H23N3O4S. The van der Waals surface area contributed by atoms with Crippen molar-refractivity contribution in [2.24, 2.45) is 5.92 Å². The molecule has 3 heterocycles. The summed E-state index contributed by atoms with van der Waals surface area (Å²) in [6, 6.07) is 23.5. The van der Waals surface area contributed by atoms with Gasteiger partial charge in [-0.15, -0.1) is 11.3 Å². The van der Waals surface area contributed by atoms with E-state index in [1.165, 1.54) is 0 Å². The minimum Gasteiger partial charge on any atom is -0.454 e. The molecule has 0 saturated carbocycles. The average molecular weight is 498 g/mol. The predicted molar refractivity (Wildman–Crippen MR) is 138 cm³/mol. The predicted octanol–water partition coefficient (Wildman–Crippen LogP) is 4.88. The molecule has 2 amide bonds. The van der Waals surface area contributed by atoms with Crippen LogP contribution in [0.25, 0.3) is 21.8 Å². The lowest BCUT2D eigenvalue weighted by atomic mass is 10.1. The molecule has 0 radical (unpaired) electrons. The number of rotatable bonds is 6. The van der Waals surface area contributed by atoms with Gasteiger partial charge in [-0.25, -0.2) is 4.98 Å². The van der Waals surface area contributed by atoms with Gasteiger partial charge in [0.05, 0.1) is 11.6 Å². The maximum atomic E-state index is 12.9. The van der Waals surface area contributed by atoms with E-state index in [4.69, 9.17) is 14.5 Å². The molecule has 8 heteroatoms. The average Bonchev–Trinajstić information content (AvgIpc) is 3.67. The third-order valence-corrected chi connectivity index (χ3v) is 7.27. The summed E-state index contributed by atoms with van der Waals surface area (Å²) >= 11 is 1.60. The fourth-order valence-corrected chi connectivity index (χ4v) is 5.31. The van der Waals surface area contributed by atoms with Crippen LogP contribution in [0.3, 0.4) is 0 Å². The number of aromatic nitrogens is 1. The van der Waals surface area contributed by atoms with Crippen molar-refractivity contribution < 1.29 is 19.1 Å². The Bertz CT molecular complexity index is 1440. The largest absolute Gasteiger partial charge is 0.454 e. The minimum atomic E-state index is -0.404. The first-order valence-electron chi connectivity index (χ1n) is 11.7. The molecule has 1 atom stereocenters. The van der Waals surface area contributed by atoms with E-state index in [0.29, 0.717) is 30.3 Å². The third-order valence-electron chi connectivity index (χ3n) is 6.38. The molecular weight excluding hydrogens is 474 g/mol. The van der Waals surface area contributed by atoms with E-state index < -0.39 is 5.92 Å². The van der Waals surface area contributed by atoms with Crippen molar-refractivity contribution in [1.82, 2.24) is 10.3 Å². The van der Waals surface area contributed by atoms with Crippen molar-refractivity contribution in [1.29, 1.82) is 0 Å². The number of fused-ring (bicyclic) bond motifs is 1. The van der Waals surface area contributed by atoms with Gasteiger partial charge in [0, 0.05) is 47.8 Å². The van der Waals surface area contributed by atoms with Gasteiger partial charge in [0.2, 0.25) is 18.6 Å². The van der Waals surface area contributed by atoms with Crippen LogP contribution in [0, 0.1) is 5.92 Å². The summed E-state index contributed by atoms with van der Waals surface area (Å²) in [5.74, 6) is 0.672. The molecule has 6 rings (SSSR count). The zero-order valence-corrected chi connectivity index (χ0v) is 20.2. The van der Waals surface area contributed by atoms with E-state index in [1.54, 1.807) is 28.4 Å². The van der Waals surface area contributed by atoms with E-state index in [-0.39, 0.29) is 25.0 Å². The number of carbonyl (C=O) groups is 2. The Morgan fingerprint density at radius 2 is 1.83 bits per heavy atom. The molecule has 3 aromatic carbocycles. The maximum absolute atomic E-state index is 12.9. The fraction of sp³-hybridized carbons (Fsp3) is 0.179. The van der Waals surface area contributed by atoms with E-state index in [1.807, 2.05) is 60.7 Å². The number of carbonyl (C=O) groups excluding carboxylic acids is 2. The van der Waals surface area contributed by atoms with Gasteiger partial charge in [-0.05, 0) is 23.8 Å². The summed E-state index contributed by atoms with van der Waals surface area (Å²) in [6.07, 6.45) is 0.182. The van der Waals surface area contributed by atoms with E-state index in [0.717, 1.165) is 27.4 Å². The van der Waals surface area contributed by atoms with Crippen molar-refractivity contribution >= 4 is 28.8 Å². The van der Waals surface area contributed by atoms with Crippen LogP contribution in [0.1, 0.15) is 12.0 Å². The molecule has 0 bridgehead atoms. The highest BCUT2D eigenvalue weighted by Crippen LogP contribution is 2.37. The number of benzene rings is 3. The smallest absolute Gasteiger partial charge is 0.231 e. The Balaban J connectivity index is 1.09. The van der Waals surface area contributed by atoms with E-state index in [9.17, 15) is 9.59 Å². The molecule has 0 spiro atoms. The van der Waals surface area contributed by atoms with Gasteiger partial charge in [-0.2, -0.15) is 0 Å². The molecule has 2 aliphatic rings. The van der Waals surface area contributed by atoms with Gasteiger partial charge >= 0.3 is 0 Å². The quantitative estimate of drug-likeness (QED) is 0.411. The van der Waals surface area contributed by atoms with Gasteiger partial charge in [-0.3, -0.25) is 9.59 Å². The maximum Gasteiger partial charge on any atom is 0.231 e. The summed E-state index contributed by atoms with van der Waals surface area (Å²) in [4.78, 5) is 32.0. The summed E-state index contributed by atoms with van der Waals surface area (Å²) in [5, 5.41) is 6.00. The number of amides is 2. The molecule has 0 aliphatic carbocycles. The van der Waals surface area contributed by atoms with Gasteiger partial charge in [0.15, 0.2) is 11.5 Å². The van der Waals surface area contributed by atoms with Crippen LogP contribution in [-0.4, -0.2) is 30.1 Å². The monoisotopic (exact) mass is 497 g/mol. The van der Waals surface area contributed by atoms with E-state index in [2.05, 4.69) is 10.7 Å². The van der Waals surface area contributed by atoms with Crippen LogP contribution < -0.4 is 19.7 Å². The molecule has 2 aliphatic heterocycles. The van der Waals surface area contributed by atoms with Gasteiger partial charge in [0.1, 0.15) is 5.01 Å². The Hall–Kier alpha value is -4.17. The van der Waals surface area contributed by atoms with Gasteiger partial charge in [-0.1, -0.05) is 48.5 Å². The Morgan fingerprint density at radius 1 is 1.00 bits per heavy atom. The van der Waals surface area contributed by atoms with Gasteiger partial charge in [0.25, 0.3) is 0 Å². The highest BCUT2D eigenvalue weighted by Gasteiger charge is 2.35. The number of hydrogen-bond acceptors (Lipinski definition) is 6. The summed E-state index contributed by atoms with van der Waals surface area (Å²) < 4.78 is 10.8. The highest BCUT2D eigenvalue weighted by molar-refractivity contribution is 7.13. The number of nitrogens with zero attached hydrogens (tertiary/aromatic N) is 2. The zero-order chi connectivity index (χ0) is 24.5. The first kappa shape index (κ1) is 22.3. The van der Waals surface area contributed by atoms with Crippen molar-refractivity contribution in [3.05, 3.63) is 83.7 Å². The van der Waals surface area contributed by atoms with Crippen LogP contribution in [0.15, 0.2) is 78.2 Å². The van der Waals surface area contributed by atoms with Crippen LogP contribution in [0.5, 0.6) is 11.5 Å². The third kappa shape index (κ3) is 4.43. The lowest BCUT2D eigenvalue weighted by Crippen LogP contribution is -2.32. The standard InChI is InChI=1S/C28H23N3O4S/c32-26-12-21(15-31(26)22-9-10-24-25(13-22)35-17-34-24)27(33)29-14-18-5-4-8-20(11-18)28-30-23(16-36-28)19-6-2-1-3-7-19/h1-11,13,16,21H,12,14-15,17H2,(H,29,33). The normalized spacial score (nSPS) is 16.4. The first-order valence-corrected chi connectivity index (χ1v) is 12.6. The molecule has 36 heavy (non-hydrogen) atoms. The summed E-state index contributed by atoms with van der Waals surface area (Å²) in [6.45, 7) is 0.903. The van der Waals surface area contributed by atoms with Gasteiger partial charge < -0.3 is 19.7 Å². The topological polar surface area (TPSA) is 80.8 Å². The number of ether oxygens (including phenoxy) is 2. The molecule has 180 valence electrons. The van der Waals surface area contributed by atoms with Crippen LogP contribution in [0.2, 0.25) is 0 Å². The van der Waals surface area contributed by atoms with E-state index >= 15 is 0 Å². The molecule has 1 N–H and O–H groups in total. The second kappa shape index (κ2) is 9.47. The van der Waals surface area contributed by atoms with Crippen molar-refractivity contribution in [3.63, 3.8) is 0 Å². The summed E-state index contributed by atoms with van der Waals surface area (Å²) in [7, 11) is 0. The summed E-state index contributed by atoms with van der Waals surface area (Å²) in [5.41, 5.74) is 4.75.